The van der Waals surface area contributed by atoms with Crippen molar-refractivity contribution < 1.29 is 9.21 Å². The van der Waals surface area contributed by atoms with Crippen LogP contribution in [-0.4, -0.2) is 39.1 Å². The Balaban J connectivity index is 1.29. The van der Waals surface area contributed by atoms with Crippen molar-refractivity contribution in [1.29, 1.82) is 0 Å². The van der Waals surface area contributed by atoms with E-state index in [1.54, 1.807) is 5.51 Å². The highest BCUT2D eigenvalue weighted by molar-refractivity contribution is 7.13. The smallest absolute Gasteiger partial charge is 0.259 e. The number of piperidine rings is 1. The number of hydrogen-bond donors (Lipinski definition) is 0. The fourth-order valence-corrected chi connectivity index (χ4v) is 4.88. The largest absolute Gasteiger partial charge is 0.420 e. The lowest BCUT2D eigenvalue weighted by Crippen LogP contribution is -2.38. The summed E-state index contributed by atoms with van der Waals surface area (Å²) in [5.41, 5.74) is 2.72. The lowest BCUT2D eigenvalue weighted by atomic mass is 9.96. The van der Waals surface area contributed by atoms with E-state index in [-0.39, 0.29) is 5.92 Å². The first kappa shape index (κ1) is 17.6. The Morgan fingerprint density at radius 1 is 1.23 bits per heavy atom. The van der Waals surface area contributed by atoms with Gasteiger partial charge in [-0.1, -0.05) is 25.7 Å². The molecule has 7 heteroatoms. The zero-order valence-corrected chi connectivity index (χ0v) is 16.1. The number of aryl methyl sites for hydroxylation is 1. The van der Waals surface area contributed by atoms with Gasteiger partial charge in [0.05, 0.1) is 11.2 Å². The molecule has 3 heterocycles. The lowest BCUT2D eigenvalue weighted by molar-refractivity contribution is -0.132. The molecule has 1 amide bonds. The number of likely N-dealkylation sites (tertiary alicyclic amines) is 1. The van der Waals surface area contributed by atoms with Gasteiger partial charge in [-0.2, -0.15) is 0 Å². The van der Waals surface area contributed by atoms with Crippen molar-refractivity contribution >= 4 is 17.2 Å². The van der Waals surface area contributed by atoms with Gasteiger partial charge in [-0.15, -0.1) is 21.5 Å². The molecule has 1 aliphatic carbocycles. The number of nitrogens with zero attached hydrogens (tertiary/aromatic N) is 4. The van der Waals surface area contributed by atoms with Gasteiger partial charge in [0.15, 0.2) is 0 Å². The maximum Gasteiger partial charge on any atom is 0.259 e. The van der Waals surface area contributed by atoms with Crippen molar-refractivity contribution in [3.05, 3.63) is 17.1 Å². The molecule has 0 aromatic carbocycles. The molecule has 0 N–H and O–H groups in total. The molecule has 1 aliphatic heterocycles. The predicted octanol–water partition coefficient (Wildman–Crippen LogP) is 4.18. The second-order valence-corrected chi connectivity index (χ2v) is 8.41. The Kier molecular flexibility index (Phi) is 5.33. The van der Waals surface area contributed by atoms with E-state index in [2.05, 4.69) is 15.2 Å². The molecule has 26 heavy (non-hydrogen) atoms. The van der Waals surface area contributed by atoms with Crippen LogP contribution in [0, 0.1) is 12.8 Å². The Labute approximate surface area is 158 Å². The lowest BCUT2D eigenvalue weighted by Gasteiger charge is -2.30. The predicted molar refractivity (Wildman–Crippen MR) is 99.9 cm³/mol. The van der Waals surface area contributed by atoms with E-state index in [9.17, 15) is 4.79 Å². The van der Waals surface area contributed by atoms with Crippen LogP contribution >= 0.6 is 11.3 Å². The maximum absolute atomic E-state index is 12.5. The monoisotopic (exact) mass is 374 g/mol. The summed E-state index contributed by atoms with van der Waals surface area (Å²) in [7, 11) is 0. The summed E-state index contributed by atoms with van der Waals surface area (Å²) >= 11 is 1.52. The summed E-state index contributed by atoms with van der Waals surface area (Å²) in [6.07, 6.45) is 8.90. The van der Waals surface area contributed by atoms with E-state index >= 15 is 0 Å². The van der Waals surface area contributed by atoms with E-state index in [4.69, 9.17) is 4.42 Å². The molecule has 0 atom stereocenters. The van der Waals surface area contributed by atoms with E-state index in [1.165, 1.54) is 37.0 Å². The fraction of sp³-hybridized carbons (Fsp3) is 0.684. The summed E-state index contributed by atoms with van der Waals surface area (Å²) in [4.78, 5) is 19.7. The molecule has 0 radical (unpaired) electrons. The van der Waals surface area contributed by atoms with Crippen molar-refractivity contribution in [1.82, 2.24) is 20.1 Å². The van der Waals surface area contributed by atoms with E-state index in [0.29, 0.717) is 24.1 Å². The topological polar surface area (TPSA) is 72.1 Å². The molecule has 2 aliphatic rings. The van der Waals surface area contributed by atoms with E-state index in [1.807, 2.05) is 11.8 Å². The van der Waals surface area contributed by atoms with Crippen molar-refractivity contribution in [3.8, 4) is 10.8 Å². The summed E-state index contributed by atoms with van der Waals surface area (Å²) < 4.78 is 5.90. The molecule has 2 aromatic heterocycles. The highest BCUT2D eigenvalue weighted by atomic mass is 32.1. The minimum atomic E-state index is 0.253. The van der Waals surface area contributed by atoms with Gasteiger partial charge in [-0.05, 0) is 32.1 Å². The maximum atomic E-state index is 12.5. The normalized spacial score (nSPS) is 19.3. The van der Waals surface area contributed by atoms with Crippen LogP contribution in [0.15, 0.2) is 9.93 Å². The second kappa shape index (κ2) is 7.86. The molecule has 1 saturated carbocycles. The summed E-state index contributed by atoms with van der Waals surface area (Å²) in [6.45, 7) is 3.54. The first-order chi connectivity index (χ1) is 12.7. The Hall–Kier alpha value is -1.76. The van der Waals surface area contributed by atoms with Crippen LogP contribution in [0.2, 0.25) is 0 Å². The molecule has 4 rings (SSSR count). The van der Waals surface area contributed by atoms with Gasteiger partial charge < -0.3 is 9.32 Å². The zero-order valence-electron chi connectivity index (χ0n) is 15.3. The van der Waals surface area contributed by atoms with Crippen LogP contribution in [0.5, 0.6) is 0 Å². The molecule has 0 bridgehead atoms. The van der Waals surface area contributed by atoms with Gasteiger partial charge in [-0.3, -0.25) is 4.79 Å². The second-order valence-electron chi connectivity index (χ2n) is 7.56. The van der Waals surface area contributed by atoms with Crippen molar-refractivity contribution in [2.24, 2.45) is 5.92 Å². The summed E-state index contributed by atoms with van der Waals surface area (Å²) in [5.74, 6) is 2.62. The van der Waals surface area contributed by atoms with Gasteiger partial charge >= 0.3 is 0 Å². The number of rotatable bonds is 5. The van der Waals surface area contributed by atoms with Crippen LogP contribution in [0.4, 0.5) is 0 Å². The number of carbonyl (C=O) groups is 1. The average molecular weight is 375 g/mol. The first-order valence-corrected chi connectivity index (χ1v) is 10.6. The molecule has 140 valence electrons. The SMILES string of the molecule is Cc1ncsc1-c1nnc(C2CCN(C(=O)CCC3CCCC3)CC2)o1. The minimum absolute atomic E-state index is 0.253. The first-order valence-electron chi connectivity index (χ1n) is 9.72. The van der Waals surface area contributed by atoms with Crippen molar-refractivity contribution in [2.75, 3.05) is 13.1 Å². The Bertz CT molecular complexity index is 742. The summed E-state index contributed by atoms with van der Waals surface area (Å²) in [6, 6.07) is 0. The highest BCUT2D eigenvalue weighted by Crippen LogP contribution is 2.32. The molecule has 0 spiro atoms. The average Bonchev–Trinajstić information content (AvgIpc) is 3.41. The minimum Gasteiger partial charge on any atom is -0.420 e. The molecular weight excluding hydrogens is 348 g/mol. The third-order valence-corrected chi connectivity index (χ3v) is 6.74. The standard InChI is InChI=1S/C19H26N4O2S/c1-13-17(26-12-20-13)19-22-21-18(25-19)15-8-10-23(11-9-15)16(24)7-6-14-4-2-3-5-14/h12,14-15H,2-11H2,1H3. The highest BCUT2D eigenvalue weighted by Gasteiger charge is 2.28. The van der Waals surface area contributed by atoms with Crippen LogP contribution in [-0.2, 0) is 4.79 Å². The van der Waals surface area contributed by atoms with Crippen LogP contribution < -0.4 is 0 Å². The number of thiazole rings is 1. The van der Waals surface area contributed by atoms with Crippen LogP contribution in [0.1, 0.15) is 68.9 Å². The van der Waals surface area contributed by atoms with E-state index in [0.717, 1.165) is 48.8 Å². The Morgan fingerprint density at radius 2 is 2.00 bits per heavy atom. The molecule has 1 saturated heterocycles. The van der Waals surface area contributed by atoms with Gasteiger partial charge in [0.25, 0.3) is 5.89 Å². The molecular formula is C19H26N4O2S. The summed E-state index contributed by atoms with van der Waals surface area (Å²) in [5, 5.41) is 8.45. The van der Waals surface area contributed by atoms with Gasteiger partial charge in [-0.25, -0.2) is 4.98 Å². The quantitative estimate of drug-likeness (QED) is 0.785. The van der Waals surface area contributed by atoms with Crippen molar-refractivity contribution in [2.45, 2.75) is 64.2 Å². The third-order valence-electron chi connectivity index (χ3n) is 5.82. The van der Waals surface area contributed by atoms with Crippen LogP contribution in [0.3, 0.4) is 0 Å². The van der Waals surface area contributed by atoms with Gasteiger partial charge in [0, 0.05) is 25.4 Å². The molecule has 6 nitrogen and oxygen atoms in total. The van der Waals surface area contributed by atoms with E-state index < -0.39 is 0 Å². The Morgan fingerprint density at radius 3 is 2.69 bits per heavy atom. The van der Waals surface area contributed by atoms with Crippen molar-refractivity contribution in [3.63, 3.8) is 0 Å². The van der Waals surface area contributed by atoms with Gasteiger partial charge in [0.1, 0.15) is 4.88 Å². The van der Waals surface area contributed by atoms with Gasteiger partial charge in [0.2, 0.25) is 11.8 Å². The molecule has 0 unspecified atom stereocenters. The number of aromatic nitrogens is 3. The third kappa shape index (κ3) is 3.82. The van der Waals surface area contributed by atoms with Crippen LogP contribution in [0.25, 0.3) is 10.8 Å². The fourth-order valence-electron chi connectivity index (χ4n) is 4.16. The number of carbonyl (C=O) groups excluding carboxylic acids is 1. The molecule has 2 aromatic rings. The zero-order chi connectivity index (χ0) is 17.9. The molecule has 2 fully saturated rings. The number of amides is 1. The number of hydrogen-bond acceptors (Lipinski definition) is 6.